The van der Waals surface area contributed by atoms with E-state index in [2.05, 4.69) is 40.7 Å². The summed E-state index contributed by atoms with van der Waals surface area (Å²) in [7, 11) is 0. The molecule has 0 saturated heterocycles. The lowest BCUT2D eigenvalue weighted by Crippen LogP contribution is -2.52. The molecule has 2 nitrogen and oxygen atoms in total. The Labute approximate surface area is 178 Å². The lowest BCUT2D eigenvalue weighted by atomic mass is 9.47. The van der Waals surface area contributed by atoms with Gasteiger partial charge in [-0.3, -0.25) is 4.79 Å². The van der Waals surface area contributed by atoms with Gasteiger partial charge in [0.1, 0.15) is 6.10 Å². The quantitative estimate of drug-likeness (QED) is 0.530. The highest BCUT2D eigenvalue weighted by atomic mass is 16.3. The molecule has 3 fully saturated rings. The summed E-state index contributed by atoms with van der Waals surface area (Å²) in [5.74, 6) is 4.86. The van der Waals surface area contributed by atoms with Crippen molar-refractivity contribution < 1.29 is 9.90 Å². The van der Waals surface area contributed by atoms with Crippen molar-refractivity contribution in [3.8, 4) is 0 Å². The maximum Gasteiger partial charge on any atom is 0.162 e. The molecule has 29 heavy (non-hydrogen) atoms. The Morgan fingerprint density at radius 3 is 2.59 bits per heavy atom. The van der Waals surface area contributed by atoms with Gasteiger partial charge in [0.2, 0.25) is 0 Å². The van der Waals surface area contributed by atoms with Gasteiger partial charge in [0.25, 0.3) is 0 Å². The zero-order valence-electron chi connectivity index (χ0n) is 19.5. The third-order valence-corrected chi connectivity index (χ3v) is 10.2. The third-order valence-electron chi connectivity index (χ3n) is 10.2. The lowest BCUT2D eigenvalue weighted by Gasteiger charge is -2.58. The minimum absolute atomic E-state index is 0.0154. The fraction of sp³-hybridized carbons (Fsp3) is 0.889. The van der Waals surface area contributed by atoms with E-state index in [0.717, 1.165) is 29.6 Å². The van der Waals surface area contributed by atoms with E-state index >= 15 is 0 Å². The van der Waals surface area contributed by atoms with Gasteiger partial charge in [-0.1, -0.05) is 65.5 Å². The Balaban J connectivity index is 1.51. The number of hydrogen-bond donors (Lipinski definition) is 1. The highest BCUT2D eigenvalue weighted by Gasteiger charge is 2.59. The molecule has 4 rings (SSSR count). The van der Waals surface area contributed by atoms with Crippen molar-refractivity contribution in [2.75, 3.05) is 0 Å². The molecule has 0 heterocycles. The van der Waals surface area contributed by atoms with Crippen LogP contribution < -0.4 is 0 Å². The smallest absolute Gasteiger partial charge is 0.162 e. The number of ketones is 1. The van der Waals surface area contributed by atoms with Gasteiger partial charge in [0.15, 0.2) is 5.78 Å². The van der Waals surface area contributed by atoms with Crippen molar-refractivity contribution in [1.82, 2.24) is 0 Å². The molecule has 0 aromatic carbocycles. The number of rotatable bonds is 5. The largest absolute Gasteiger partial charge is 0.385 e. The Bertz CT molecular complexity index is 663. The molecule has 1 N–H and O–H groups in total. The monoisotopic (exact) mass is 400 g/mol. The summed E-state index contributed by atoms with van der Waals surface area (Å²) in [4.78, 5) is 12.4. The topological polar surface area (TPSA) is 37.3 Å². The van der Waals surface area contributed by atoms with Crippen LogP contribution in [0.4, 0.5) is 0 Å². The molecule has 0 radical (unpaired) electrons. The van der Waals surface area contributed by atoms with E-state index in [1.54, 1.807) is 0 Å². The maximum absolute atomic E-state index is 12.4. The first-order valence-electron chi connectivity index (χ1n) is 12.6. The molecule has 8 atom stereocenters. The van der Waals surface area contributed by atoms with Gasteiger partial charge in [-0.25, -0.2) is 0 Å². The van der Waals surface area contributed by atoms with Crippen LogP contribution in [0.2, 0.25) is 0 Å². The average Bonchev–Trinajstić information content (AvgIpc) is 3.00. The predicted molar refractivity (Wildman–Crippen MR) is 119 cm³/mol. The van der Waals surface area contributed by atoms with E-state index in [-0.39, 0.29) is 11.2 Å². The van der Waals surface area contributed by atoms with Crippen LogP contribution in [0.25, 0.3) is 0 Å². The van der Waals surface area contributed by atoms with Crippen LogP contribution in [0.5, 0.6) is 0 Å². The molecule has 2 unspecified atom stereocenters. The summed E-state index contributed by atoms with van der Waals surface area (Å²) < 4.78 is 0. The summed E-state index contributed by atoms with van der Waals surface area (Å²) in [6, 6.07) is 0. The normalized spacial score (nSPS) is 45.4. The first kappa shape index (κ1) is 21.6. The van der Waals surface area contributed by atoms with Gasteiger partial charge in [0.05, 0.1) is 0 Å². The Morgan fingerprint density at radius 2 is 1.86 bits per heavy atom. The van der Waals surface area contributed by atoms with Gasteiger partial charge in [-0.2, -0.15) is 0 Å². The van der Waals surface area contributed by atoms with Gasteiger partial charge in [0, 0.05) is 12.8 Å². The van der Waals surface area contributed by atoms with Crippen molar-refractivity contribution in [3.63, 3.8) is 0 Å². The van der Waals surface area contributed by atoms with Crippen molar-refractivity contribution >= 4 is 5.78 Å². The number of carbonyl (C=O) groups excluding carboxylic acids is 1. The van der Waals surface area contributed by atoms with Gasteiger partial charge < -0.3 is 5.11 Å². The van der Waals surface area contributed by atoms with E-state index < -0.39 is 6.10 Å². The second-order valence-electron chi connectivity index (χ2n) is 12.2. The zero-order valence-corrected chi connectivity index (χ0v) is 19.5. The van der Waals surface area contributed by atoms with Crippen molar-refractivity contribution in [2.45, 2.75) is 105 Å². The molecule has 0 aromatic rings. The van der Waals surface area contributed by atoms with Crippen molar-refractivity contribution in [1.29, 1.82) is 0 Å². The van der Waals surface area contributed by atoms with Crippen LogP contribution in [0, 0.1) is 46.3 Å². The van der Waals surface area contributed by atoms with E-state index in [9.17, 15) is 9.90 Å². The maximum atomic E-state index is 12.4. The Kier molecular flexibility index (Phi) is 5.82. The Hall–Kier alpha value is -0.630. The van der Waals surface area contributed by atoms with E-state index in [4.69, 9.17) is 0 Å². The highest BCUT2D eigenvalue weighted by Crippen LogP contribution is 2.67. The SMILES string of the molecule is CC(C)CCC[C@@H](C)[C@H]1CC[C@H]2[C@@H]3CC=C4CC(O)C(=O)C[C@]4(C)[C@H]3CCC12C. The number of aliphatic hydroxyl groups is 1. The molecule has 4 aliphatic rings. The van der Waals surface area contributed by atoms with Crippen LogP contribution in [0.3, 0.4) is 0 Å². The van der Waals surface area contributed by atoms with Crippen LogP contribution in [-0.4, -0.2) is 17.0 Å². The lowest BCUT2D eigenvalue weighted by molar-refractivity contribution is -0.135. The molecular formula is C27H44O2. The highest BCUT2D eigenvalue weighted by molar-refractivity contribution is 5.85. The molecule has 0 bridgehead atoms. The molecule has 164 valence electrons. The summed E-state index contributed by atoms with van der Waals surface area (Å²) in [5.41, 5.74) is 1.91. The van der Waals surface area contributed by atoms with Gasteiger partial charge in [-0.15, -0.1) is 0 Å². The second-order valence-corrected chi connectivity index (χ2v) is 12.2. The first-order chi connectivity index (χ1) is 13.7. The molecule has 3 saturated carbocycles. The van der Waals surface area contributed by atoms with Gasteiger partial charge >= 0.3 is 0 Å². The molecular weight excluding hydrogens is 356 g/mol. The van der Waals surface area contributed by atoms with Gasteiger partial charge in [-0.05, 0) is 78.4 Å². The number of hydrogen-bond acceptors (Lipinski definition) is 2. The molecule has 0 aromatic heterocycles. The average molecular weight is 401 g/mol. The van der Waals surface area contributed by atoms with E-state index in [0.29, 0.717) is 24.2 Å². The fourth-order valence-electron chi connectivity index (χ4n) is 8.54. The second kappa shape index (κ2) is 7.81. The zero-order chi connectivity index (χ0) is 21.0. The third kappa shape index (κ3) is 3.56. The summed E-state index contributed by atoms with van der Waals surface area (Å²) in [6.45, 7) is 12.2. The number of fused-ring (bicyclic) bond motifs is 5. The van der Waals surface area contributed by atoms with Crippen LogP contribution in [0.1, 0.15) is 98.8 Å². The molecule has 0 amide bonds. The van der Waals surface area contributed by atoms with Crippen LogP contribution in [0.15, 0.2) is 11.6 Å². The Morgan fingerprint density at radius 1 is 1.10 bits per heavy atom. The number of allylic oxidation sites excluding steroid dienone is 1. The van der Waals surface area contributed by atoms with E-state index in [1.165, 1.54) is 56.9 Å². The molecule has 0 spiro atoms. The summed E-state index contributed by atoms with van der Waals surface area (Å²) >= 11 is 0. The minimum Gasteiger partial charge on any atom is -0.385 e. The number of aliphatic hydroxyl groups excluding tert-OH is 1. The van der Waals surface area contributed by atoms with Crippen LogP contribution in [-0.2, 0) is 4.79 Å². The molecule has 2 heteroatoms. The summed E-state index contributed by atoms with van der Waals surface area (Å²) in [5, 5.41) is 10.1. The van der Waals surface area contributed by atoms with Crippen molar-refractivity contribution in [2.24, 2.45) is 46.3 Å². The summed E-state index contributed by atoms with van der Waals surface area (Å²) in [6.07, 6.45) is 13.6. The van der Waals surface area contributed by atoms with Crippen molar-refractivity contribution in [3.05, 3.63) is 11.6 Å². The number of carbonyl (C=O) groups is 1. The standard InChI is InChI=1S/C27H44O2/c1-17(2)7-6-8-18(3)21-11-12-22-20-10-9-19-15-24(28)25(29)16-27(19,5)23(20)13-14-26(21,22)4/h9,17-18,20-24,28H,6-8,10-16H2,1-5H3/t18-,20+,21-,22+,23+,24?,26?,27+/m1/s1. The predicted octanol–water partition coefficient (Wildman–Crippen LogP) is 6.57. The first-order valence-corrected chi connectivity index (χ1v) is 12.6. The fourth-order valence-corrected chi connectivity index (χ4v) is 8.54. The molecule has 0 aliphatic heterocycles. The molecule has 4 aliphatic carbocycles. The number of Topliss-reactive ketones (excluding diaryl/α,β-unsaturated/α-hetero) is 1. The van der Waals surface area contributed by atoms with E-state index in [1.807, 2.05) is 0 Å². The van der Waals surface area contributed by atoms with Crippen LogP contribution >= 0.6 is 0 Å². The minimum atomic E-state index is -0.748.